The first-order valence-corrected chi connectivity index (χ1v) is 11.7. The first-order chi connectivity index (χ1) is 15.6. The number of para-hydroxylation sites is 4. The van der Waals surface area contributed by atoms with E-state index in [4.69, 9.17) is 4.98 Å². The number of nitrogens with one attached hydrogen (secondary N) is 1. The van der Waals surface area contributed by atoms with Crippen LogP contribution in [-0.2, 0) is 12.5 Å². The maximum Gasteiger partial charge on any atom is 0.259 e. The first kappa shape index (κ1) is 23.1. The number of hydrogen-bond donors (Lipinski definition) is 1. The lowest BCUT2D eigenvalue weighted by Crippen LogP contribution is -2.28. The molecule has 0 aliphatic heterocycles. The molecule has 6 heteroatoms. The topological polar surface area (TPSA) is 50.2 Å². The number of nitrogens with zero attached hydrogens (tertiary/aromatic N) is 3. The Balaban J connectivity index is 1.92. The molecule has 4 rings (SSSR count). The zero-order valence-corrected chi connectivity index (χ0v) is 21.5. The monoisotopic (exact) mass is 504 g/mol. The number of carbonyl (C=O) groups excluding carboxylic acids is 1. The van der Waals surface area contributed by atoms with E-state index in [1.165, 1.54) is 0 Å². The third kappa shape index (κ3) is 4.15. The van der Waals surface area contributed by atoms with Gasteiger partial charge in [0.1, 0.15) is 5.82 Å². The summed E-state index contributed by atoms with van der Waals surface area (Å²) in [5, 5.41) is 3.17. The van der Waals surface area contributed by atoms with Gasteiger partial charge in [0, 0.05) is 31.2 Å². The maximum atomic E-state index is 13.8. The van der Waals surface area contributed by atoms with E-state index in [-0.39, 0.29) is 11.3 Å². The zero-order valence-electron chi connectivity index (χ0n) is 19.9. The Morgan fingerprint density at radius 2 is 1.73 bits per heavy atom. The van der Waals surface area contributed by atoms with Gasteiger partial charge >= 0.3 is 0 Å². The fourth-order valence-corrected chi connectivity index (χ4v) is 4.61. The molecule has 0 aliphatic carbocycles. The Kier molecular flexibility index (Phi) is 6.06. The van der Waals surface area contributed by atoms with E-state index >= 15 is 0 Å². The Morgan fingerprint density at radius 3 is 2.39 bits per heavy atom. The summed E-state index contributed by atoms with van der Waals surface area (Å²) >= 11 is 3.77. The minimum absolute atomic E-state index is 0.0873. The predicted octanol–water partition coefficient (Wildman–Crippen LogP) is 6.62. The van der Waals surface area contributed by atoms with Gasteiger partial charge in [-0.2, -0.15) is 0 Å². The molecule has 33 heavy (non-hydrogen) atoms. The van der Waals surface area contributed by atoms with Crippen molar-refractivity contribution in [3.63, 3.8) is 0 Å². The van der Waals surface area contributed by atoms with Gasteiger partial charge in [-0.25, -0.2) is 4.98 Å². The molecule has 4 aromatic rings. The van der Waals surface area contributed by atoms with Crippen LogP contribution in [-0.4, -0.2) is 29.6 Å². The Morgan fingerprint density at radius 1 is 1.06 bits per heavy atom. The van der Waals surface area contributed by atoms with Crippen LogP contribution < -0.4 is 10.2 Å². The molecule has 0 spiro atoms. The lowest BCUT2D eigenvalue weighted by Gasteiger charge is -2.25. The zero-order chi connectivity index (χ0) is 23.9. The van der Waals surface area contributed by atoms with Gasteiger partial charge in [0.25, 0.3) is 5.91 Å². The van der Waals surface area contributed by atoms with Crippen LogP contribution in [0.25, 0.3) is 22.4 Å². The van der Waals surface area contributed by atoms with E-state index in [9.17, 15) is 4.79 Å². The van der Waals surface area contributed by atoms with Crippen molar-refractivity contribution in [3.8, 4) is 11.4 Å². The van der Waals surface area contributed by atoms with Crippen molar-refractivity contribution < 1.29 is 4.79 Å². The molecule has 1 heterocycles. The fraction of sp³-hybridized carbons (Fsp3) is 0.259. The average molecular weight is 505 g/mol. The third-order valence-corrected chi connectivity index (χ3v) is 6.89. The summed E-state index contributed by atoms with van der Waals surface area (Å²) in [4.78, 5) is 20.4. The van der Waals surface area contributed by atoms with Gasteiger partial charge in [-0.3, -0.25) is 4.79 Å². The van der Waals surface area contributed by atoms with Crippen molar-refractivity contribution in [1.29, 1.82) is 0 Å². The van der Waals surface area contributed by atoms with E-state index in [0.29, 0.717) is 5.56 Å². The highest BCUT2D eigenvalue weighted by Crippen LogP contribution is 2.38. The first-order valence-electron chi connectivity index (χ1n) is 10.9. The Labute approximate surface area is 203 Å². The van der Waals surface area contributed by atoms with E-state index in [1.54, 1.807) is 4.90 Å². The number of anilines is 2. The second-order valence-electron chi connectivity index (χ2n) is 9.25. The fourth-order valence-electron chi connectivity index (χ4n) is 4.03. The molecule has 0 saturated carbocycles. The van der Waals surface area contributed by atoms with E-state index in [0.717, 1.165) is 43.8 Å². The molecule has 1 aromatic heterocycles. The molecular weight excluding hydrogens is 476 g/mol. The van der Waals surface area contributed by atoms with Gasteiger partial charge in [-0.05, 0) is 63.3 Å². The van der Waals surface area contributed by atoms with Crippen molar-refractivity contribution in [3.05, 3.63) is 76.3 Å². The van der Waals surface area contributed by atoms with Crippen LogP contribution in [0.2, 0.25) is 0 Å². The van der Waals surface area contributed by atoms with Gasteiger partial charge in [0.05, 0.1) is 28.0 Å². The normalized spacial score (nSPS) is 11.6. The van der Waals surface area contributed by atoms with Crippen LogP contribution in [0, 0.1) is 0 Å². The van der Waals surface area contributed by atoms with Crippen LogP contribution in [0.3, 0.4) is 0 Å². The molecule has 5 nitrogen and oxygen atoms in total. The second-order valence-corrected chi connectivity index (χ2v) is 10.0. The summed E-state index contributed by atoms with van der Waals surface area (Å²) in [6.07, 6.45) is 0. The molecule has 1 amide bonds. The summed E-state index contributed by atoms with van der Waals surface area (Å²) in [6.45, 7) is 6.47. The van der Waals surface area contributed by atoms with Crippen LogP contribution in [0.15, 0.2) is 65.1 Å². The third-order valence-electron chi connectivity index (χ3n) is 6.04. The van der Waals surface area contributed by atoms with Gasteiger partial charge in [0.2, 0.25) is 0 Å². The van der Waals surface area contributed by atoms with Gasteiger partial charge in [-0.1, -0.05) is 45.0 Å². The van der Waals surface area contributed by atoms with E-state index in [1.807, 2.05) is 69.7 Å². The number of benzene rings is 3. The van der Waals surface area contributed by atoms with Crippen molar-refractivity contribution in [2.45, 2.75) is 26.2 Å². The molecule has 0 atom stereocenters. The highest BCUT2D eigenvalue weighted by molar-refractivity contribution is 9.10. The number of fused-ring (bicyclic) bond motifs is 1. The van der Waals surface area contributed by atoms with Crippen LogP contribution in [0.5, 0.6) is 0 Å². The highest BCUT2D eigenvalue weighted by Gasteiger charge is 2.26. The lowest BCUT2D eigenvalue weighted by molar-refractivity contribution is 0.0992. The van der Waals surface area contributed by atoms with E-state index in [2.05, 4.69) is 58.7 Å². The molecule has 3 aromatic carbocycles. The molecule has 0 fully saturated rings. The van der Waals surface area contributed by atoms with Crippen molar-refractivity contribution in [2.75, 3.05) is 24.3 Å². The quantitative estimate of drug-likeness (QED) is 0.339. The molecule has 0 radical (unpaired) electrons. The van der Waals surface area contributed by atoms with Gasteiger partial charge in [0.15, 0.2) is 0 Å². The molecule has 0 bridgehead atoms. The lowest BCUT2D eigenvalue weighted by atomic mass is 9.84. The summed E-state index contributed by atoms with van der Waals surface area (Å²) in [5.74, 6) is 0.734. The van der Waals surface area contributed by atoms with Crippen LogP contribution in [0.4, 0.5) is 11.4 Å². The van der Waals surface area contributed by atoms with Crippen molar-refractivity contribution >= 4 is 44.2 Å². The number of carbonyl (C=O) groups is 1. The minimum Gasteiger partial charge on any atom is -0.386 e. The summed E-state index contributed by atoms with van der Waals surface area (Å²) in [5.41, 5.74) is 6.14. The SMILES string of the molecule is CNc1ccccc1N(C)C(=O)c1cc(C(C)(C)C)cc(-c2nc3ccccc3n2C)c1Br. The number of aromatic nitrogens is 2. The number of hydrogen-bond acceptors (Lipinski definition) is 3. The number of amides is 1. The number of halogens is 1. The standard InChI is InChI=1S/C27H29BrN4O/c1-27(2,3)17-15-18(25-30-21-12-8-10-14-23(21)31(25)5)24(28)19(16-17)26(33)32(6)22-13-9-7-11-20(22)29-4/h7-16,29H,1-6H3. The highest BCUT2D eigenvalue weighted by atomic mass is 79.9. The van der Waals surface area contributed by atoms with E-state index < -0.39 is 0 Å². The Bertz CT molecular complexity index is 1350. The molecule has 0 aliphatic rings. The number of aryl methyl sites for hydroxylation is 1. The number of rotatable bonds is 4. The molecular formula is C27H29BrN4O. The minimum atomic E-state index is -0.142. The largest absolute Gasteiger partial charge is 0.386 e. The maximum absolute atomic E-state index is 13.8. The number of imidazole rings is 1. The molecule has 170 valence electrons. The summed E-state index contributed by atoms with van der Waals surface area (Å²) in [7, 11) is 5.68. The van der Waals surface area contributed by atoms with Crippen LogP contribution >= 0.6 is 15.9 Å². The van der Waals surface area contributed by atoms with Crippen molar-refractivity contribution in [1.82, 2.24) is 9.55 Å². The smallest absolute Gasteiger partial charge is 0.259 e. The van der Waals surface area contributed by atoms with Gasteiger partial charge < -0.3 is 14.8 Å². The summed E-state index contributed by atoms with van der Waals surface area (Å²) < 4.78 is 2.82. The molecule has 0 unspecified atom stereocenters. The average Bonchev–Trinajstić information content (AvgIpc) is 3.14. The second kappa shape index (κ2) is 8.67. The predicted molar refractivity (Wildman–Crippen MR) is 141 cm³/mol. The van der Waals surface area contributed by atoms with Gasteiger partial charge in [-0.15, -0.1) is 0 Å². The molecule has 1 N–H and O–H groups in total. The Hall–Kier alpha value is -3.12. The van der Waals surface area contributed by atoms with Crippen LogP contribution in [0.1, 0.15) is 36.7 Å². The summed E-state index contributed by atoms with van der Waals surface area (Å²) in [6, 6.07) is 20.0. The van der Waals surface area contributed by atoms with Crippen molar-refractivity contribution in [2.24, 2.45) is 7.05 Å². The molecule has 0 saturated heterocycles.